The summed E-state index contributed by atoms with van der Waals surface area (Å²) in [4.78, 5) is 11.9. The van der Waals surface area contributed by atoms with E-state index in [1.807, 2.05) is 0 Å². The molecule has 0 atom stereocenters. The molecule has 0 saturated carbocycles. The molecule has 2 rings (SSSR count). The average Bonchev–Trinajstić information content (AvgIpc) is 2.76. The van der Waals surface area contributed by atoms with Gasteiger partial charge in [-0.15, -0.1) is 0 Å². The molecule has 106 valence electrons. The van der Waals surface area contributed by atoms with Crippen LogP contribution in [0.3, 0.4) is 0 Å². The van der Waals surface area contributed by atoms with Crippen molar-refractivity contribution in [2.24, 2.45) is 7.05 Å². The van der Waals surface area contributed by atoms with Crippen LogP contribution in [0.1, 0.15) is 21.6 Å². The summed E-state index contributed by atoms with van der Waals surface area (Å²) in [6.07, 6.45) is -3.13. The van der Waals surface area contributed by atoms with Gasteiger partial charge in [-0.1, -0.05) is 11.6 Å². The van der Waals surface area contributed by atoms with Crippen molar-refractivity contribution in [1.29, 1.82) is 0 Å². The zero-order chi connectivity index (χ0) is 14.9. The number of carbonyl (C=O) groups is 1. The number of alkyl halides is 3. The van der Waals surface area contributed by atoms with Gasteiger partial charge in [0.05, 0.1) is 11.3 Å². The number of carbonyl (C=O) groups excluding carboxylic acids is 1. The number of aromatic nitrogens is 2. The van der Waals surface area contributed by atoms with Gasteiger partial charge in [-0.2, -0.15) is 18.3 Å². The highest BCUT2D eigenvalue weighted by molar-refractivity contribution is 6.03. The molecule has 0 radical (unpaired) electrons. The van der Waals surface area contributed by atoms with Gasteiger partial charge < -0.3 is 5.32 Å². The van der Waals surface area contributed by atoms with E-state index < -0.39 is 17.6 Å². The molecule has 1 amide bonds. The summed E-state index contributed by atoms with van der Waals surface area (Å²) in [5.74, 6) is -0.639. The largest absolute Gasteiger partial charge is 0.418 e. The molecule has 0 aliphatic rings. The molecule has 1 heterocycles. The number of nitrogens with zero attached hydrogens (tertiary/aromatic N) is 2. The van der Waals surface area contributed by atoms with Crippen LogP contribution in [0.15, 0.2) is 30.5 Å². The summed E-state index contributed by atoms with van der Waals surface area (Å²) >= 11 is 0. The van der Waals surface area contributed by atoms with Crippen molar-refractivity contribution in [3.05, 3.63) is 47.3 Å². The van der Waals surface area contributed by atoms with Crippen molar-refractivity contribution in [2.45, 2.75) is 13.1 Å². The van der Waals surface area contributed by atoms with Crippen LogP contribution in [0.5, 0.6) is 0 Å². The Morgan fingerprint density at radius 3 is 2.55 bits per heavy atom. The van der Waals surface area contributed by atoms with Gasteiger partial charge in [0, 0.05) is 13.2 Å². The van der Waals surface area contributed by atoms with E-state index >= 15 is 0 Å². The molecule has 2 aromatic rings. The van der Waals surface area contributed by atoms with Gasteiger partial charge in [0.25, 0.3) is 5.91 Å². The van der Waals surface area contributed by atoms with Crippen LogP contribution in [0.4, 0.5) is 18.9 Å². The molecule has 1 aromatic heterocycles. The van der Waals surface area contributed by atoms with E-state index in [9.17, 15) is 18.0 Å². The van der Waals surface area contributed by atoms with Crippen molar-refractivity contribution in [3.63, 3.8) is 0 Å². The molecule has 0 unspecified atom stereocenters. The Hall–Kier alpha value is -2.31. The lowest BCUT2D eigenvalue weighted by Crippen LogP contribution is -2.19. The van der Waals surface area contributed by atoms with Crippen molar-refractivity contribution in [1.82, 2.24) is 9.78 Å². The highest BCUT2D eigenvalue weighted by Gasteiger charge is 2.34. The number of hydrogen-bond donors (Lipinski definition) is 1. The molecule has 1 N–H and O–H groups in total. The van der Waals surface area contributed by atoms with Crippen LogP contribution in [-0.4, -0.2) is 15.7 Å². The molecule has 4 nitrogen and oxygen atoms in total. The first kappa shape index (κ1) is 14.1. The summed E-state index contributed by atoms with van der Waals surface area (Å²) < 4.78 is 40.1. The summed E-state index contributed by atoms with van der Waals surface area (Å²) in [7, 11) is 1.54. The lowest BCUT2D eigenvalue weighted by atomic mass is 10.1. The predicted molar refractivity (Wildman–Crippen MR) is 67.3 cm³/mol. The average molecular weight is 283 g/mol. The number of rotatable bonds is 2. The number of nitrogens with one attached hydrogen (secondary N) is 1. The maximum absolute atomic E-state index is 12.9. The molecule has 0 saturated heterocycles. The number of anilines is 1. The van der Waals surface area contributed by atoms with Gasteiger partial charge in [0.2, 0.25) is 0 Å². The summed E-state index contributed by atoms with van der Waals surface area (Å²) in [6.45, 7) is 1.56. The van der Waals surface area contributed by atoms with Crippen LogP contribution < -0.4 is 5.32 Å². The Morgan fingerprint density at radius 1 is 1.30 bits per heavy atom. The third kappa shape index (κ3) is 2.81. The first-order valence-corrected chi connectivity index (χ1v) is 5.76. The van der Waals surface area contributed by atoms with E-state index in [1.165, 1.54) is 36.1 Å². The van der Waals surface area contributed by atoms with E-state index in [-0.39, 0.29) is 11.4 Å². The van der Waals surface area contributed by atoms with Gasteiger partial charge in [-0.05, 0) is 25.1 Å². The van der Waals surface area contributed by atoms with Gasteiger partial charge in [0.1, 0.15) is 5.69 Å². The van der Waals surface area contributed by atoms with Crippen LogP contribution >= 0.6 is 0 Å². The maximum Gasteiger partial charge on any atom is 0.418 e. The van der Waals surface area contributed by atoms with E-state index in [4.69, 9.17) is 0 Å². The highest BCUT2D eigenvalue weighted by Crippen LogP contribution is 2.35. The summed E-state index contributed by atoms with van der Waals surface area (Å²) in [5.41, 5.74) is -0.489. The minimum Gasteiger partial charge on any atom is -0.320 e. The Balaban J connectivity index is 2.35. The Labute approximate surface area is 113 Å². The quantitative estimate of drug-likeness (QED) is 0.921. The summed E-state index contributed by atoms with van der Waals surface area (Å²) in [6, 6.07) is 5.18. The summed E-state index contributed by atoms with van der Waals surface area (Å²) in [5, 5.41) is 6.07. The fourth-order valence-electron chi connectivity index (χ4n) is 1.78. The van der Waals surface area contributed by atoms with Crippen LogP contribution in [-0.2, 0) is 13.2 Å². The monoisotopic (exact) mass is 283 g/mol. The first-order valence-electron chi connectivity index (χ1n) is 5.76. The molecular formula is C13H12F3N3O. The number of halogens is 3. The molecule has 20 heavy (non-hydrogen) atoms. The van der Waals surface area contributed by atoms with E-state index in [0.29, 0.717) is 5.56 Å². The highest BCUT2D eigenvalue weighted by atomic mass is 19.4. The molecule has 7 heteroatoms. The number of hydrogen-bond acceptors (Lipinski definition) is 2. The van der Waals surface area contributed by atoms with Crippen molar-refractivity contribution in [2.75, 3.05) is 5.32 Å². The second kappa shape index (κ2) is 4.99. The molecule has 0 aliphatic carbocycles. The smallest absolute Gasteiger partial charge is 0.320 e. The Morgan fingerprint density at radius 2 is 2.00 bits per heavy atom. The molecule has 1 aromatic carbocycles. The van der Waals surface area contributed by atoms with Gasteiger partial charge >= 0.3 is 6.18 Å². The lowest BCUT2D eigenvalue weighted by Gasteiger charge is -2.14. The zero-order valence-corrected chi connectivity index (χ0v) is 10.8. The van der Waals surface area contributed by atoms with Crippen molar-refractivity contribution < 1.29 is 18.0 Å². The van der Waals surface area contributed by atoms with E-state index in [0.717, 1.165) is 6.07 Å². The molecule has 0 fully saturated rings. The molecule has 0 bridgehead atoms. The van der Waals surface area contributed by atoms with Crippen LogP contribution in [0.2, 0.25) is 0 Å². The third-order valence-corrected chi connectivity index (χ3v) is 2.78. The number of aryl methyl sites for hydroxylation is 2. The topological polar surface area (TPSA) is 46.9 Å². The van der Waals surface area contributed by atoms with E-state index in [2.05, 4.69) is 10.4 Å². The van der Waals surface area contributed by atoms with Crippen LogP contribution in [0.25, 0.3) is 0 Å². The lowest BCUT2D eigenvalue weighted by molar-refractivity contribution is -0.136. The number of amides is 1. The number of benzene rings is 1. The Bertz CT molecular complexity index is 647. The normalized spacial score (nSPS) is 11.4. The standard InChI is InChI=1S/C13H12F3N3O/c1-8-3-4-10(9(7-8)13(14,15)16)18-12(20)11-5-6-17-19(11)2/h3-7H,1-2H3,(H,18,20). The minimum atomic E-state index is -4.53. The van der Waals surface area contributed by atoms with Crippen LogP contribution in [0, 0.1) is 6.92 Å². The minimum absolute atomic E-state index is 0.179. The SMILES string of the molecule is Cc1ccc(NC(=O)c2ccnn2C)c(C(F)(F)F)c1. The zero-order valence-electron chi connectivity index (χ0n) is 10.8. The second-order valence-corrected chi connectivity index (χ2v) is 4.34. The molecule has 0 aliphatic heterocycles. The second-order valence-electron chi connectivity index (χ2n) is 4.34. The van der Waals surface area contributed by atoms with Gasteiger partial charge in [0.15, 0.2) is 0 Å². The maximum atomic E-state index is 12.9. The van der Waals surface area contributed by atoms with Gasteiger partial charge in [-0.3, -0.25) is 9.48 Å². The third-order valence-electron chi connectivity index (χ3n) is 2.78. The van der Waals surface area contributed by atoms with E-state index in [1.54, 1.807) is 6.92 Å². The predicted octanol–water partition coefficient (Wildman–Crippen LogP) is 3.00. The Kier molecular flexibility index (Phi) is 3.52. The fraction of sp³-hybridized carbons (Fsp3) is 0.231. The molecular weight excluding hydrogens is 271 g/mol. The van der Waals surface area contributed by atoms with Crippen molar-refractivity contribution in [3.8, 4) is 0 Å². The van der Waals surface area contributed by atoms with Crippen molar-refractivity contribution >= 4 is 11.6 Å². The van der Waals surface area contributed by atoms with Gasteiger partial charge in [-0.25, -0.2) is 0 Å². The fourth-order valence-corrected chi connectivity index (χ4v) is 1.78. The first-order chi connectivity index (χ1) is 9.29. The molecule has 0 spiro atoms.